The normalized spacial score (nSPS) is 10.6. The maximum absolute atomic E-state index is 6.25. The minimum absolute atomic E-state index is 0. The van der Waals surface area contributed by atoms with E-state index in [1.54, 1.807) is 0 Å². The van der Waals surface area contributed by atoms with Crippen LogP contribution in [0.25, 0.3) is 11.3 Å². The summed E-state index contributed by atoms with van der Waals surface area (Å²) in [5.74, 6) is 1.70. The molecule has 0 amide bonds. The Morgan fingerprint density at radius 1 is 1.17 bits per heavy atom. The van der Waals surface area contributed by atoms with Gasteiger partial charge < -0.3 is 14.5 Å². The second-order valence-electron chi connectivity index (χ2n) is 5.39. The number of hydrogen-bond acceptors (Lipinski definition) is 3. The van der Waals surface area contributed by atoms with E-state index in [9.17, 15) is 0 Å². The molecule has 0 aliphatic carbocycles. The van der Waals surface area contributed by atoms with Gasteiger partial charge in [0.2, 0.25) is 0 Å². The van der Waals surface area contributed by atoms with Gasteiger partial charge in [-0.2, -0.15) is 0 Å². The quantitative estimate of drug-likeness (QED) is 0.458. The first-order valence-electron chi connectivity index (χ1n) is 8.03. The van der Waals surface area contributed by atoms with Crippen molar-refractivity contribution < 1.29 is 9.15 Å². The number of furan rings is 1. The van der Waals surface area contributed by atoms with E-state index in [1.165, 1.54) is 6.42 Å². The van der Waals surface area contributed by atoms with Crippen LogP contribution < -0.4 is 5.32 Å². The van der Waals surface area contributed by atoms with E-state index in [0.29, 0.717) is 11.6 Å². The molecule has 2 aromatic rings. The standard InChI is InChI=1S/C18H23BrClNO2.ClH/c1-2-3-10-22-11-4-9-21-13-15-6-8-18(23-15)16-7-5-14(19)12-17(16)20;/h5-8,12,21H,2-4,9-11,13H2,1H3;1H. The van der Waals surface area contributed by atoms with Crippen molar-refractivity contribution in [2.75, 3.05) is 19.8 Å². The summed E-state index contributed by atoms with van der Waals surface area (Å²) in [4.78, 5) is 0. The van der Waals surface area contributed by atoms with E-state index in [4.69, 9.17) is 20.8 Å². The van der Waals surface area contributed by atoms with E-state index >= 15 is 0 Å². The molecular formula is C18H24BrCl2NO2. The highest BCUT2D eigenvalue weighted by Gasteiger charge is 2.08. The van der Waals surface area contributed by atoms with Crippen molar-refractivity contribution in [3.8, 4) is 11.3 Å². The van der Waals surface area contributed by atoms with Crippen LogP contribution in [0.2, 0.25) is 5.02 Å². The highest BCUT2D eigenvalue weighted by molar-refractivity contribution is 9.10. The molecule has 0 unspecified atom stereocenters. The third-order valence-corrected chi connectivity index (χ3v) is 4.25. The maximum Gasteiger partial charge on any atom is 0.135 e. The molecule has 0 fully saturated rings. The second kappa shape index (κ2) is 11.9. The lowest BCUT2D eigenvalue weighted by Crippen LogP contribution is -2.16. The molecule has 3 nitrogen and oxygen atoms in total. The zero-order valence-corrected chi connectivity index (χ0v) is 17.0. The van der Waals surface area contributed by atoms with Gasteiger partial charge in [-0.05, 0) is 49.7 Å². The van der Waals surface area contributed by atoms with Crippen molar-refractivity contribution in [2.24, 2.45) is 0 Å². The molecule has 0 bridgehead atoms. The fourth-order valence-electron chi connectivity index (χ4n) is 2.17. The summed E-state index contributed by atoms with van der Waals surface area (Å²) in [7, 11) is 0. The van der Waals surface area contributed by atoms with Crippen LogP contribution in [0, 0.1) is 0 Å². The van der Waals surface area contributed by atoms with Gasteiger partial charge in [-0.25, -0.2) is 0 Å². The summed E-state index contributed by atoms with van der Waals surface area (Å²) in [5.41, 5.74) is 0.908. The van der Waals surface area contributed by atoms with Gasteiger partial charge in [0.1, 0.15) is 11.5 Å². The Labute approximate surface area is 163 Å². The molecule has 0 spiro atoms. The lowest BCUT2D eigenvalue weighted by Gasteiger charge is -2.05. The third-order valence-electron chi connectivity index (χ3n) is 3.44. The molecule has 134 valence electrons. The Bertz CT molecular complexity index is 604. The lowest BCUT2D eigenvalue weighted by molar-refractivity contribution is 0.128. The molecule has 0 atom stereocenters. The number of nitrogens with one attached hydrogen (secondary N) is 1. The summed E-state index contributed by atoms with van der Waals surface area (Å²) < 4.78 is 12.3. The topological polar surface area (TPSA) is 34.4 Å². The molecule has 1 heterocycles. The molecule has 6 heteroatoms. The molecule has 0 aliphatic rings. The number of benzene rings is 1. The average Bonchev–Trinajstić information content (AvgIpc) is 2.98. The van der Waals surface area contributed by atoms with Gasteiger partial charge in [-0.3, -0.25) is 0 Å². The highest BCUT2D eigenvalue weighted by Crippen LogP contribution is 2.31. The zero-order valence-electron chi connectivity index (χ0n) is 13.8. The smallest absolute Gasteiger partial charge is 0.135 e. The van der Waals surface area contributed by atoms with Gasteiger partial charge in [-0.15, -0.1) is 12.4 Å². The predicted octanol–water partition coefficient (Wildman–Crippen LogP) is 6.08. The van der Waals surface area contributed by atoms with Gasteiger partial charge in [0, 0.05) is 23.2 Å². The molecule has 0 aliphatic heterocycles. The first kappa shape index (κ1) is 21.5. The van der Waals surface area contributed by atoms with E-state index in [-0.39, 0.29) is 12.4 Å². The minimum atomic E-state index is 0. The lowest BCUT2D eigenvalue weighted by atomic mass is 10.2. The molecule has 1 aromatic carbocycles. The number of rotatable bonds is 10. The van der Waals surface area contributed by atoms with Crippen molar-refractivity contribution in [1.82, 2.24) is 5.32 Å². The van der Waals surface area contributed by atoms with Crippen molar-refractivity contribution >= 4 is 39.9 Å². The first-order valence-corrected chi connectivity index (χ1v) is 9.20. The van der Waals surface area contributed by atoms with Crippen molar-refractivity contribution in [2.45, 2.75) is 32.7 Å². The molecule has 0 radical (unpaired) electrons. The summed E-state index contributed by atoms with van der Waals surface area (Å²) in [6, 6.07) is 9.73. The molecule has 24 heavy (non-hydrogen) atoms. The molecule has 0 saturated carbocycles. The van der Waals surface area contributed by atoms with Crippen LogP contribution in [0.15, 0.2) is 39.2 Å². The number of halogens is 3. The third kappa shape index (κ3) is 7.16. The van der Waals surface area contributed by atoms with Crippen LogP contribution in [0.3, 0.4) is 0 Å². The van der Waals surface area contributed by atoms with Crippen LogP contribution in [-0.4, -0.2) is 19.8 Å². The van der Waals surface area contributed by atoms with Gasteiger partial charge in [0.25, 0.3) is 0 Å². The molecule has 2 rings (SSSR count). The Morgan fingerprint density at radius 3 is 2.71 bits per heavy atom. The van der Waals surface area contributed by atoms with Gasteiger partial charge in [-0.1, -0.05) is 40.9 Å². The Morgan fingerprint density at radius 2 is 1.96 bits per heavy atom. The molecule has 1 aromatic heterocycles. The van der Waals surface area contributed by atoms with E-state index in [2.05, 4.69) is 28.2 Å². The van der Waals surface area contributed by atoms with Gasteiger partial charge in [0.15, 0.2) is 0 Å². The Hall–Kier alpha value is -0.520. The summed E-state index contributed by atoms with van der Waals surface area (Å²) in [5, 5.41) is 4.05. The van der Waals surface area contributed by atoms with Crippen LogP contribution in [-0.2, 0) is 11.3 Å². The molecule has 0 saturated heterocycles. The fourth-order valence-corrected chi connectivity index (χ4v) is 2.93. The minimum Gasteiger partial charge on any atom is -0.460 e. The van der Waals surface area contributed by atoms with Crippen molar-refractivity contribution in [3.05, 3.63) is 45.6 Å². The van der Waals surface area contributed by atoms with Crippen LogP contribution in [0.4, 0.5) is 0 Å². The monoisotopic (exact) mass is 435 g/mol. The van der Waals surface area contributed by atoms with Crippen molar-refractivity contribution in [3.63, 3.8) is 0 Å². The van der Waals surface area contributed by atoms with Gasteiger partial charge in [0.05, 0.1) is 11.6 Å². The van der Waals surface area contributed by atoms with Crippen LogP contribution in [0.1, 0.15) is 31.9 Å². The second-order valence-corrected chi connectivity index (χ2v) is 6.71. The Balaban J connectivity index is 0.00000288. The van der Waals surface area contributed by atoms with Crippen LogP contribution in [0.5, 0.6) is 0 Å². The fraction of sp³-hybridized carbons (Fsp3) is 0.444. The summed E-state index contributed by atoms with van der Waals surface area (Å²) >= 11 is 9.66. The highest BCUT2D eigenvalue weighted by atomic mass is 79.9. The zero-order chi connectivity index (χ0) is 16.5. The van der Waals surface area contributed by atoms with Gasteiger partial charge >= 0.3 is 0 Å². The average molecular weight is 437 g/mol. The molecule has 1 N–H and O–H groups in total. The molecular weight excluding hydrogens is 413 g/mol. The number of unbranched alkanes of at least 4 members (excludes halogenated alkanes) is 1. The predicted molar refractivity (Wildman–Crippen MR) is 106 cm³/mol. The van der Waals surface area contributed by atoms with Crippen molar-refractivity contribution in [1.29, 1.82) is 0 Å². The van der Waals surface area contributed by atoms with Crippen LogP contribution >= 0.6 is 39.9 Å². The Kier molecular flexibility index (Phi) is 10.7. The SMILES string of the molecule is CCCCOCCCNCc1ccc(-c2ccc(Br)cc2Cl)o1.Cl. The first-order chi connectivity index (χ1) is 11.2. The van der Waals surface area contributed by atoms with E-state index < -0.39 is 0 Å². The summed E-state index contributed by atoms with van der Waals surface area (Å²) in [6.07, 6.45) is 3.33. The van der Waals surface area contributed by atoms with E-state index in [0.717, 1.165) is 54.2 Å². The summed E-state index contributed by atoms with van der Waals surface area (Å²) in [6.45, 7) is 5.48. The largest absolute Gasteiger partial charge is 0.460 e. The number of ether oxygens (including phenoxy) is 1. The number of hydrogen-bond donors (Lipinski definition) is 1. The maximum atomic E-state index is 6.25. The van der Waals surface area contributed by atoms with E-state index in [1.807, 2.05) is 30.3 Å².